The van der Waals surface area contributed by atoms with E-state index in [4.69, 9.17) is 0 Å². The molecule has 0 atom stereocenters. The molecule has 3 aromatic rings. The molecule has 6 nitrogen and oxygen atoms in total. The fourth-order valence-corrected chi connectivity index (χ4v) is 3.90. The molecule has 7 heteroatoms. The third kappa shape index (κ3) is 3.95. The SMILES string of the molecule is COC(=O)c1cccc(S(=O)(=O)NCCCn2ccc3ccccc32)c1. The normalized spacial score (nSPS) is 11.6. The predicted molar refractivity (Wildman–Crippen MR) is 99.5 cm³/mol. The van der Waals surface area contributed by atoms with Gasteiger partial charge in [0.25, 0.3) is 0 Å². The van der Waals surface area contributed by atoms with E-state index in [1.165, 1.54) is 31.4 Å². The number of carbonyl (C=O) groups excluding carboxylic acids is 1. The first kappa shape index (κ1) is 18.2. The van der Waals surface area contributed by atoms with Gasteiger partial charge >= 0.3 is 5.97 Å². The quantitative estimate of drug-likeness (QED) is 0.511. The highest BCUT2D eigenvalue weighted by Gasteiger charge is 2.16. The molecule has 3 rings (SSSR count). The zero-order valence-corrected chi connectivity index (χ0v) is 15.2. The van der Waals surface area contributed by atoms with E-state index in [9.17, 15) is 13.2 Å². The lowest BCUT2D eigenvalue weighted by molar-refractivity contribution is 0.0600. The Bertz CT molecular complexity index is 1020. The number of hydrogen-bond acceptors (Lipinski definition) is 4. The molecular weight excluding hydrogens is 352 g/mol. The zero-order chi connectivity index (χ0) is 18.6. The number of nitrogens with zero attached hydrogens (tertiary/aromatic N) is 1. The van der Waals surface area contributed by atoms with Crippen molar-refractivity contribution >= 4 is 26.9 Å². The Hall–Kier alpha value is -2.64. The molecule has 0 aliphatic heterocycles. The summed E-state index contributed by atoms with van der Waals surface area (Å²) < 4.78 is 34.1. The van der Waals surface area contributed by atoms with E-state index in [0.29, 0.717) is 19.5 Å². The summed E-state index contributed by atoms with van der Waals surface area (Å²) >= 11 is 0. The molecule has 0 saturated carbocycles. The van der Waals surface area contributed by atoms with E-state index < -0.39 is 16.0 Å². The standard InChI is InChI=1S/C19H20N2O4S/c1-25-19(22)16-7-4-8-17(14-16)26(23,24)20-11-5-12-21-13-10-15-6-2-3-9-18(15)21/h2-4,6-10,13-14,20H,5,11-12H2,1H3. The molecule has 0 amide bonds. The van der Waals surface area contributed by atoms with Crippen LogP contribution in [0.5, 0.6) is 0 Å². The summed E-state index contributed by atoms with van der Waals surface area (Å²) in [5.41, 5.74) is 1.33. The number of nitrogens with one attached hydrogen (secondary N) is 1. The van der Waals surface area contributed by atoms with Gasteiger partial charge in [-0.1, -0.05) is 24.3 Å². The van der Waals surface area contributed by atoms with Gasteiger partial charge in [-0.15, -0.1) is 0 Å². The van der Waals surface area contributed by atoms with Crippen LogP contribution in [0.3, 0.4) is 0 Å². The van der Waals surface area contributed by atoms with Gasteiger partial charge in [-0.25, -0.2) is 17.9 Å². The lowest BCUT2D eigenvalue weighted by Gasteiger charge is -2.09. The lowest BCUT2D eigenvalue weighted by Crippen LogP contribution is -2.25. The number of benzene rings is 2. The number of methoxy groups -OCH3 is 1. The summed E-state index contributed by atoms with van der Waals surface area (Å²) in [6, 6.07) is 15.9. The monoisotopic (exact) mass is 372 g/mol. The summed E-state index contributed by atoms with van der Waals surface area (Å²) in [6.07, 6.45) is 2.65. The Labute approximate surface area is 152 Å². The highest BCUT2D eigenvalue weighted by molar-refractivity contribution is 7.89. The molecule has 0 saturated heterocycles. The summed E-state index contributed by atoms with van der Waals surface area (Å²) in [5, 5.41) is 1.16. The molecule has 0 bridgehead atoms. The van der Waals surface area contributed by atoms with E-state index in [1.807, 2.05) is 36.5 Å². The molecule has 26 heavy (non-hydrogen) atoms. The number of ether oxygens (including phenoxy) is 1. The fraction of sp³-hybridized carbons (Fsp3) is 0.211. The Kier molecular flexibility index (Phi) is 5.39. The summed E-state index contributed by atoms with van der Waals surface area (Å²) in [6.45, 7) is 1.01. The molecule has 0 unspecified atom stereocenters. The van der Waals surface area contributed by atoms with Crippen molar-refractivity contribution in [1.82, 2.24) is 9.29 Å². The van der Waals surface area contributed by atoms with Gasteiger partial charge in [0.05, 0.1) is 17.6 Å². The van der Waals surface area contributed by atoms with Gasteiger partial charge in [0, 0.05) is 24.8 Å². The largest absolute Gasteiger partial charge is 0.465 e. The Balaban J connectivity index is 1.61. The number of carbonyl (C=O) groups is 1. The molecule has 0 aliphatic rings. The summed E-state index contributed by atoms with van der Waals surface area (Å²) in [4.78, 5) is 11.6. The van der Waals surface area contributed by atoms with Crippen LogP contribution < -0.4 is 4.72 Å². The van der Waals surface area contributed by atoms with Gasteiger partial charge in [0.15, 0.2) is 0 Å². The Morgan fingerprint density at radius 2 is 1.92 bits per heavy atom. The van der Waals surface area contributed by atoms with Gasteiger partial charge in [-0.2, -0.15) is 0 Å². The zero-order valence-electron chi connectivity index (χ0n) is 14.4. The van der Waals surface area contributed by atoms with Crippen molar-refractivity contribution < 1.29 is 17.9 Å². The topological polar surface area (TPSA) is 77.4 Å². The highest BCUT2D eigenvalue weighted by Crippen LogP contribution is 2.16. The van der Waals surface area contributed by atoms with Gasteiger partial charge in [-0.05, 0) is 42.1 Å². The third-order valence-corrected chi connectivity index (χ3v) is 5.57. The first-order valence-corrected chi connectivity index (χ1v) is 9.71. The average molecular weight is 372 g/mol. The average Bonchev–Trinajstić information content (AvgIpc) is 3.08. The van der Waals surface area contributed by atoms with Crippen LogP contribution in [0.25, 0.3) is 10.9 Å². The van der Waals surface area contributed by atoms with Gasteiger partial charge in [0.2, 0.25) is 10.0 Å². The van der Waals surface area contributed by atoms with Crippen LogP contribution in [0.4, 0.5) is 0 Å². The number of aromatic nitrogens is 1. The molecule has 2 aromatic carbocycles. The van der Waals surface area contributed by atoms with Crippen molar-refractivity contribution in [3.63, 3.8) is 0 Å². The van der Waals surface area contributed by atoms with Gasteiger partial charge < -0.3 is 9.30 Å². The van der Waals surface area contributed by atoms with Crippen LogP contribution in [0.2, 0.25) is 0 Å². The maximum Gasteiger partial charge on any atom is 0.337 e. The molecule has 0 fully saturated rings. The van der Waals surface area contributed by atoms with Crippen molar-refractivity contribution in [1.29, 1.82) is 0 Å². The van der Waals surface area contributed by atoms with E-state index in [2.05, 4.69) is 14.0 Å². The molecule has 136 valence electrons. The first-order valence-electron chi connectivity index (χ1n) is 8.23. The number of para-hydroxylation sites is 1. The van der Waals surface area contributed by atoms with Gasteiger partial charge in [-0.3, -0.25) is 0 Å². The minimum Gasteiger partial charge on any atom is -0.465 e. The number of sulfonamides is 1. The maximum atomic E-state index is 12.4. The lowest BCUT2D eigenvalue weighted by atomic mass is 10.2. The van der Waals surface area contributed by atoms with Crippen molar-refractivity contribution in [2.24, 2.45) is 0 Å². The molecule has 1 heterocycles. The maximum absolute atomic E-state index is 12.4. The molecule has 0 radical (unpaired) electrons. The molecule has 0 spiro atoms. The highest BCUT2D eigenvalue weighted by atomic mass is 32.2. The van der Waals surface area contributed by atoms with Crippen molar-refractivity contribution in [2.45, 2.75) is 17.9 Å². The van der Waals surface area contributed by atoms with Crippen LogP contribution in [0.1, 0.15) is 16.8 Å². The number of rotatable bonds is 7. The number of aryl methyl sites for hydroxylation is 1. The van der Waals surface area contributed by atoms with Crippen molar-refractivity contribution in [2.75, 3.05) is 13.7 Å². The Morgan fingerprint density at radius 1 is 1.12 bits per heavy atom. The van der Waals surface area contributed by atoms with Gasteiger partial charge in [0.1, 0.15) is 0 Å². The van der Waals surface area contributed by atoms with Crippen molar-refractivity contribution in [3.05, 3.63) is 66.4 Å². The fourth-order valence-electron chi connectivity index (χ4n) is 2.78. The minimum absolute atomic E-state index is 0.0480. The van der Waals surface area contributed by atoms with Crippen LogP contribution >= 0.6 is 0 Å². The first-order chi connectivity index (χ1) is 12.5. The molecule has 0 aliphatic carbocycles. The molecule has 1 N–H and O–H groups in total. The number of fused-ring (bicyclic) bond motifs is 1. The van der Waals surface area contributed by atoms with E-state index in [-0.39, 0.29) is 10.5 Å². The molecule has 1 aromatic heterocycles. The van der Waals surface area contributed by atoms with Crippen LogP contribution in [-0.2, 0) is 21.3 Å². The van der Waals surface area contributed by atoms with E-state index >= 15 is 0 Å². The minimum atomic E-state index is -3.68. The van der Waals surface area contributed by atoms with Crippen LogP contribution in [-0.4, -0.2) is 32.6 Å². The molecular formula is C19H20N2O4S. The Morgan fingerprint density at radius 3 is 2.73 bits per heavy atom. The second-order valence-corrected chi connectivity index (χ2v) is 7.61. The van der Waals surface area contributed by atoms with Crippen molar-refractivity contribution in [3.8, 4) is 0 Å². The van der Waals surface area contributed by atoms with E-state index in [0.717, 1.165) is 10.9 Å². The predicted octanol–water partition coefficient (Wildman–Crippen LogP) is 2.80. The second-order valence-electron chi connectivity index (χ2n) is 5.84. The smallest absolute Gasteiger partial charge is 0.337 e. The van der Waals surface area contributed by atoms with Crippen LogP contribution in [0, 0.1) is 0 Å². The van der Waals surface area contributed by atoms with Crippen LogP contribution in [0.15, 0.2) is 65.7 Å². The summed E-state index contributed by atoms with van der Waals surface area (Å²) in [7, 11) is -2.42. The number of hydrogen-bond donors (Lipinski definition) is 1. The number of esters is 1. The van der Waals surface area contributed by atoms with E-state index in [1.54, 1.807) is 0 Å². The summed E-state index contributed by atoms with van der Waals surface area (Å²) in [5.74, 6) is -0.568. The second kappa shape index (κ2) is 7.72. The third-order valence-electron chi connectivity index (χ3n) is 4.11.